The molecule has 0 aliphatic heterocycles. The molecule has 0 saturated carbocycles. The van der Waals surface area contributed by atoms with E-state index >= 15 is 0 Å². The van der Waals surface area contributed by atoms with E-state index in [1.54, 1.807) is 11.3 Å². The van der Waals surface area contributed by atoms with Gasteiger partial charge < -0.3 is 4.42 Å². The zero-order valence-corrected chi connectivity index (χ0v) is 14.4. The van der Waals surface area contributed by atoms with E-state index in [0.717, 1.165) is 15.2 Å². The summed E-state index contributed by atoms with van der Waals surface area (Å²) < 4.78 is 7.64. The molecule has 3 rings (SSSR count). The highest BCUT2D eigenvalue weighted by molar-refractivity contribution is 9.11. The first-order valence-corrected chi connectivity index (χ1v) is 8.65. The van der Waals surface area contributed by atoms with Crippen LogP contribution in [-0.2, 0) is 13.2 Å². The van der Waals surface area contributed by atoms with Crippen molar-refractivity contribution in [2.75, 3.05) is 7.05 Å². The lowest BCUT2D eigenvalue weighted by Crippen LogP contribution is -2.27. The minimum atomic E-state index is -0.433. The Hall–Kier alpha value is -1.22. The summed E-state index contributed by atoms with van der Waals surface area (Å²) >= 11 is 6.62. The van der Waals surface area contributed by atoms with Crippen molar-refractivity contribution in [3.05, 3.63) is 48.9 Å². The average molecular weight is 386 g/mol. The van der Waals surface area contributed by atoms with Crippen LogP contribution in [-0.4, -0.2) is 21.7 Å². The fourth-order valence-electron chi connectivity index (χ4n) is 1.88. The fraction of sp³-hybridized carbons (Fsp3) is 0.231. The summed E-state index contributed by atoms with van der Waals surface area (Å²) in [4.78, 5) is 15.9. The lowest BCUT2D eigenvalue weighted by molar-refractivity contribution is 0.238. The maximum absolute atomic E-state index is 11.8. The molecule has 0 spiro atoms. The fourth-order valence-corrected chi connectivity index (χ4v) is 4.08. The largest absolute Gasteiger partial charge is 0.438 e. The summed E-state index contributed by atoms with van der Waals surface area (Å²) in [5.41, 5.74) is 0. The zero-order valence-electron chi connectivity index (χ0n) is 11.2. The van der Waals surface area contributed by atoms with Gasteiger partial charge in [0.25, 0.3) is 5.89 Å². The Morgan fingerprint density at radius 2 is 2.29 bits per heavy atom. The van der Waals surface area contributed by atoms with Crippen LogP contribution < -0.4 is 5.76 Å². The van der Waals surface area contributed by atoms with E-state index in [-0.39, 0.29) is 0 Å². The molecule has 0 aromatic carbocycles. The summed E-state index contributed by atoms with van der Waals surface area (Å²) in [5, 5.41) is 6.17. The summed E-state index contributed by atoms with van der Waals surface area (Å²) in [6.45, 7) is 1.15. The first kappa shape index (κ1) is 14.7. The van der Waals surface area contributed by atoms with E-state index in [1.165, 1.54) is 20.9 Å². The van der Waals surface area contributed by atoms with E-state index in [0.29, 0.717) is 12.6 Å². The molecular weight excluding hydrogens is 374 g/mol. The van der Waals surface area contributed by atoms with Crippen molar-refractivity contribution in [2.45, 2.75) is 13.2 Å². The van der Waals surface area contributed by atoms with Crippen LogP contribution in [0.25, 0.3) is 10.8 Å². The van der Waals surface area contributed by atoms with Gasteiger partial charge in [-0.3, -0.25) is 4.90 Å². The maximum atomic E-state index is 11.8. The third-order valence-electron chi connectivity index (χ3n) is 2.77. The molecule has 5 nitrogen and oxygen atoms in total. The molecule has 8 heteroatoms. The van der Waals surface area contributed by atoms with Crippen LogP contribution in [0.2, 0.25) is 0 Å². The molecule has 0 aliphatic carbocycles. The van der Waals surface area contributed by atoms with Gasteiger partial charge in [0.15, 0.2) is 0 Å². The molecule has 3 heterocycles. The molecule has 3 aromatic heterocycles. The van der Waals surface area contributed by atoms with Gasteiger partial charge in [0.1, 0.15) is 6.67 Å². The summed E-state index contributed by atoms with van der Waals surface area (Å²) in [7, 11) is 1.94. The van der Waals surface area contributed by atoms with Crippen LogP contribution in [0.1, 0.15) is 4.88 Å². The van der Waals surface area contributed by atoms with Crippen molar-refractivity contribution in [3.8, 4) is 10.8 Å². The molecule has 21 heavy (non-hydrogen) atoms. The highest BCUT2D eigenvalue weighted by atomic mass is 79.9. The van der Waals surface area contributed by atoms with Gasteiger partial charge in [-0.25, -0.2) is 4.79 Å². The van der Waals surface area contributed by atoms with E-state index < -0.39 is 5.76 Å². The minimum Gasteiger partial charge on any atom is -0.387 e. The van der Waals surface area contributed by atoms with Crippen molar-refractivity contribution in [2.24, 2.45) is 0 Å². The predicted octanol–water partition coefficient (Wildman–Crippen LogP) is 3.48. The quantitative estimate of drug-likeness (QED) is 0.674. The van der Waals surface area contributed by atoms with Crippen molar-refractivity contribution in [1.29, 1.82) is 0 Å². The van der Waals surface area contributed by atoms with Gasteiger partial charge in [-0.05, 0) is 46.6 Å². The minimum absolute atomic E-state index is 0.377. The summed E-state index contributed by atoms with van der Waals surface area (Å²) in [6, 6.07) is 7.87. The van der Waals surface area contributed by atoms with Crippen LogP contribution in [0.4, 0.5) is 0 Å². The Labute approximate surface area is 137 Å². The summed E-state index contributed by atoms with van der Waals surface area (Å²) in [5.74, 6) is -0.0557. The Balaban J connectivity index is 1.71. The lowest BCUT2D eigenvalue weighted by atomic mass is 10.4. The molecule has 0 bridgehead atoms. The van der Waals surface area contributed by atoms with Crippen LogP contribution in [0, 0.1) is 0 Å². The molecule has 0 unspecified atom stereocenters. The first-order valence-electron chi connectivity index (χ1n) is 6.16. The third-order valence-corrected chi connectivity index (χ3v) is 5.23. The van der Waals surface area contributed by atoms with E-state index in [2.05, 4.69) is 27.1 Å². The SMILES string of the molecule is CN(Cc1ccc(Br)s1)Cn1nc(-c2cccs2)oc1=O. The highest BCUT2D eigenvalue weighted by Gasteiger charge is 2.13. The molecule has 0 atom stereocenters. The van der Waals surface area contributed by atoms with Crippen molar-refractivity contribution >= 4 is 38.6 Å². The smallest absolute Gasteiger partial charge is 0.387 e. The molecule has 0 N–H and O–H groups in total. The Bertz CT molecular complexity index is 776. The first-order chi connectivity index (χ1) is 10.1. The van der Waals surface area contributed by atoms with Crippen LogP contribution >= 0.6 is 38.6 Å². The van der Waals surface area contributed by atoms with Crippen molar-refractivity contribution in [1.82, 2.24) is 14.7 Å². The van der Waals surface area contributed by atoms with Gasteiger partial charge >= 0.3 is 5.76 Å². The number of hydrogen-bond donors (Lipinski definition) is 0. The van der Waals surface area contributed by atoms with Gasteiger partial charge in [0, 0.05) is 11.4 Å². The molecule has 0 aliphatic rings. The highest BCUT2D eigenvalue weighted by Crippen LogP contribution is 2.23. The van der Waals surface area contributed by atoms with Gasteiger partial charge in [-0.15, -0.1) is 27.8 Å². The number of nitrogens with zero attached hydrogens (tertiary/aromatic N) is 3. The van der Waals surface area contributed by atoms with Gasteiger partial charge in [-0.1, -0.05) is 6.07 Å². The summed E-state index contributed by atoms with van der Waals surface area (Å²) in [6.07, 6.45) is 0. The third kappa shape index (κ3) is 3.52. The molecule has 110 valence electrons. The Morgan fingerprint density at radius 1 is 1.43 bits per heavy atom. The number of rotatable bonds is 5. The van der Waals surface area contributed by atoms with E-state index in [1.807, 2.05) is 35.5 Å². The second kappa shape index (κ2) is 6.27. The molecular formula is C13H12BrN3O2S2. The van der Waals surface area contributed by atoms with Crippen LogP contribution in [0.15, 0.2) is 42.6 Å². The molecule has 0 saturated heterocycles. The predicted molar refractivity (Wildman–Crippen MR) is 87.6 cm³/mol. The molecule has 3 aromatic rings. The zero-order chi connectivity index (χ0) is 14.8. The number of thiophene rings is 2. The average Bonchev–Trinajstić information content (AvgIpc) is 3.13. The van der Waals surface area contributed by atoms with Gasteiger partial charge in [0.05, 0.1) is 8.66 Å². The van der Waals surface area contributed by atoms with Gasteiger partial charge in [0.2, 0.25) is 0 Å². The molecule has 0 amide bonds. The standard InChI is InChI=1S/C13H12BrN3O2S2/c1-16(7-9-4-5-11(14)21-9)8-17-13(18)19-12(15-17)10-3-2-6-20-10/h2-6H,7-8H2,1H3. The lowest BCUT2D eigenvalue weighted by Gasteiger charge is -2.13. The Morgan fingerprint density at radius 3 is 2.95 bits per heavy atom. The van der Waals surface area contributed by atoms with E-state index in [9.17, 15) is 4.79 Å². The number of aromatic nitrogens is 2. The van der Waals surface area contributed by atoms with E-state index in [4.69, 9.17) is 4.42 Å². The second-order valence-electron chi connectivity index (χ2n) is 4.51. The second-order valence-corrected chi connectivity index (χ2v) is 8.01. The maximum Gasteiger partial charge on any atom is 0.438 e. The normalized spacial score (nSPS) is 11.4. The van der Waals surface area contributed by atoms with Crippen molar-refractivity contribution < 1.29 is 4.42 Å². The number of halogens is 1. The number of hydrogen-bond acceptors (Lipinski definition) is 6. The topological polar surface area (TPSA) is 51.3 Å². The van der Waals surface area contributed by atoms with Crippen LogP contribution in [0.5, 0.6) is 0 Å². The molecule has 0 radical (unpaired) electrons. The van der Waals surface area contributed by atoms with Crippen molar-refractivity contribution in [3.63, 3.8) is 0 Å². The van der Waals surface area contributed by atoms with Gasteiger partial charge in [-0.2, -0.15) is 4.68 Å². The molecule has 0 fully saturated rings. The Kier molecular flexibility index (Phi) is 4.39. The monoisotopic (exact) mass is 385 g/mol. The van der Waals surface area contributed by atoms with Crippen LogP contribution in [0.3, 0.4) is 0 Å².